The predicted octanol–water partition coefficient (Wildman–Crippen LogP) is -3.62. The topological polar surface area (TPSA) is 58.6 Å². The second kappa shape index (κ2) is 4.98. The minimum atomic E-state index is -0.834. The summed E-state index contributed by atoms with van der Waals surface area (Å²) in [5.41, 5.74) is 1.72. The summed E-state index contributed by atoms with van der Waals surface area (Å²) in [7, 11) is -0.834. The van der Waals surface area contributed by atoms with Gasteiger partial charge < -0.3 is 0 Å². The number of rotatable bonds is 3. The third-order valence-electron chi connectivity index (χ3n) is 2.24. The summed E-state index contributed by atoms with van der Waals surface area (Å²) in [6.07, 6.45) is 1.23. The van der Waals surface area contributed by atoms with Crippen molar-refractivity contribution in [2.24, 2.45) is 0 Å². The molecule has 0 aliphatic carbocycles. The van der Waals surface area contributed by atoms with Gasteiger partial charge in [-0.25, -0.2) is 0 Å². The minimum absolute atomic E-state index is 0.222. The van der Waals surface area contributed by atoms with Crippen LogP contribution in [-0.4, -0.2) is 18.0 Å². The van der Waals surface area contributed by atoms with Gasteiger partial charge in [0.05, 0.1) is 0 Å². The van der Waals surface area contributed by atoms with Gasteiger partial charge in [0.25, 0.3) is 0 Å². The van der Waals surface area contributed by atoms with Gasteiger partial charge >= 0.3 is 105 Å². The van der Waals surface area contributed by atoms with E-state index in [0.717, 1.165) is 14.6 Å². The van der Waals surface area contributed by atoms with Gasteiger partial charge in [-0.15, -0.1) is 0 Å². The second-order valence-electron chi connectivity index (χ2n) is 3.25. The molecule has 0 fully saturated rings. The van der Waals surface area contributed by atoms with Crippen LogP contribution in [0.15, 0.2) is 30.9 Å². The third kappa shape index (κ3) is 2.28. The molecule has 1 aromatic carbocycles. The molecule has 2 rings (SSSR count). The molecule has 1 aliphatic heterocycles. The maximum absolute atomic E-state index is 11.1. The van der Waals surface area contributed by atoms with Gasteiger partial charge in [0.15, 0.2) is 0 Å². The summed E-state index contributed by atoms with van der Waals surface area (Å²) in [5.74, 6) is -0.222. The van der Waals surface area contributed by atoms with Gasteiger partial charge in [-0.1, -0.05) is 0 Å². The number of fused-ring (bicyclic) bond motifs is 1. The Bertz CT molecular complexity index is 438. The fraction of sp³-hybridized carbons (Fsp3) is 0.100. The fourth-order valence-electron chi connectivity index (χ4n) is 1.47. The number of amides is 1. The third-order valence-corrected chi connectivity index (χ3v) is 4.39. The van der Waals surface area contributed by atoms with Gasteiger partial charge in [-0.2, -0.15) is 0 Å². The Morgan fingerprint density at radius 3 is 3.25 bits per heavy atom. The summed E-state index contributed by atoms with van der Waals surface area (Å²) >= 11 is -0.548. The molecule has 1 amide bonds. The first-order chi connectivity index (χ1) is 7.72. The van der Waals surface area contributed by atoms with Crippen LogP contribution in [-0.2, 0) is 14.3 Å². The van der Waals surface area contributed by atoms with E-state index in [1.165, 1.54) is 6.08 Å². The summed E-state index contributed by atoms with van der Waals surface area (Å²) in [5, 5.41) is 12.3. The van der Waals surface area contributed by atoms with Crippen molar-refractivity contribution in [3.05, 3.63) is 40.0 Å². The number of hydrogen-bond donors (Lipinski definition) is 2. The summed E-state index contributed by atoms with van der Waals surface area (Å²) in [4.78, 5) is 11.1. The van der Waals surface area contributed by atoms with E-state index in [0.29, 0.717) is 6.54 Å². The Morgan fingerprint density at radius 2 is 2.50 bits per heavy atom. The van der Waals surface area contributed by atoms with E-state index in [9.17, 15) is 9.82 Å². The van der Waals surface area contributed by atoms with E-state index >= 15 is 0 Å². The molecule has 2 N–H and O–H groups in total. The first kappa shape index (κ1) is 11.6. The summed E-state index contributed by atoms with van der Waals surface area (Å²) in [6.45, 7) is 3.77. The molecule has 0 saturated carbocycles. The molecule has 0 radical (unpaired) electrons. The van der Waals surface area contributed by atoms with Crippen LogP contribution < -0.4 is 32.4 Å². The number of nitrogens with one attached hydrogen (secondary N) is 1. The average Bonchev–Trinajstić information content (AvgIpc) is 2.69. The Balaban J connectivity index is 2.19. The predicted molar refractivity (Wildman–Crippen MR) is 55.9 cm³/mol. The Kier molecular flexibility index (Phi) is 3.62. The van der Waals surface area contributed by atoms with Gasteiger partial charge in [0.1, 0.15) is 0 Å². The SMILES string of the molecule is C=CC(=O)NCc1cccc2c1B(O)O[I-]2. The number of halogens is 1. The molecule has 6 heteroatoms. The molecule has 84 valence electrons. The molecule has 4 nitrogen and oxygen atoms in total. The van der Waals surface area contributed by atoms with E-state index in [-0.39, 0.29) is 5.91 Å². The number of benzene rings is 1. The zero-order valence-corrected chi connectivity index (χ0v) is 10.6. The van der Waals surface area contributed by atoms with Crippen LogP contribution in [0.25, 0.3) is 0 Å². The van der Waals surface area contributed by atoms with Gasteiger partial charge in [0.2, 0.25) is 0 Å². The van der Waals surface area contributed by atoms with E-state index in [4.69, 9.17) is 2.98 Å². The Morgan fingerprint density at radius 1 is 1.69 bits per heavy atom. The molecule has 16 heavy (non-hydrogen) atoms. The van der Waals surface area contributed by atoms with Gasteiger partial charge in [-0.3, -0.25) is 0 Å². The van der Waals surface area contributed by atoms with Gasteiger partial charge in [0, 0.05) is 0 Å². The standard InChI is InChI=1S/C10H10BINO3/c1-2-9(14)13-6-7-4-3-5-8-10(7)11(15)16-12-8/h2-5,15H,1,6H2,(H,13,14)/q-1. The van der Waals surface area contributed by atoms with Crippen molar-refractivity contribution in [1.82, 2.24) is 5.32 Å². The molecule has 0 unspecified atom stereocenters. The average molecular weight is 330 g/mol. The number of carbonyl (C=O) groups is 1. The second-order valence-corrected chi connectivity index (χ2v) is 5.36. The first-order valence-electron chi connectivity index (χ1n) is 4.73. The van der Waals surface area contributed by atoms with Crippen LogP contribution in [0, 0.1) is 3.57 Å². The van der Waals surface area contributed by atoms with E-state index in [1.54, 1.807) is 0 Å². The number of hydrogen-bond acceptors (Lipinski definition) is 3. The van der Waals surface area contributed by atoms with Crippen molar-refractivity contribution in [2.45, 2.75) is 6.54 Å². The molecule has 0 atom stereocenters. The zero-order valence-electron chi connectivity index (χ0n) is 8.44. The Labute approximate surface area is 105 Å². The fourth-order valence-corrected chi connectivity index (χ4v) is 3.44. The van der Waals surface area contributed by atoms with Crippen LogP contribution in [0.4, 0.5) is 0 Å². The van der Waals surface area contributed by atoms with Crippen LogP contribution in [0.1, 0.15) is 5.56 Å². The van der Waals surface area contributed by atoms with Crippen molar-refractivity contribution in [3.63, 3.8) is 0 Å². The monoisotopic (exact) mass is 330 g/mol. The van der Waals surface area contributed by atoms with E-state index in [2.05, 4.69) is 11.9 Å². The summed E-state index contributed by atoms with van der Waals surface area (Å²) < 4.78 is 6.31. The van der Waals surface area contributed by atoms with Crippen molar-refractivity contribution in [2.75, 3.05) is 0 Å². The molecule has 0 spiro atoms. The quantitative estimate of drug-likeness (QED) is 0.342. The maximum atomic E-state index is 11.1. The Hall–Kier alpha value is -0.855. The van der Waals surface area contributed by atoms with Crippen molar-refractivity contribution in [1.29, 1.82) is 0 Å². The number of carbonyl (C=O) groups excluding carboxylic acids is 1. The van der Waals surface area contributed by atoms with Crippen molar-refractivity contribution >= 4 is 18.5 Å². The van der Waals surface area contributed by atoms with E-state index in [1.807, 2.05) is 18.2 Å². The van der Waals surface area contributed by atoms with Gasteiger partial charge in [-0.05, 0) is 0 Å². The first-order valence-corrected chi connectivity index (χ1v) is 6.69. The molecule has 1 aromatic rings. The molecule has 1 aliphatic rings. The normalized spacial score (nSPS) is 13.9. The zero-order chi connectivity index (χ0) is 11.5. The van der Waals surface area contributed by atoms with Crippen LogP contribution in [0.3, 0.4) is 0 Å². The van der Waals surface area contributed by atoms with Crippen molar-refractivity contribution in [3.8, 4) is 0 Å². The van der Waals surface area contributed by atoms with Crippen molar-refractivity contribution < 1.29 is 34.4 Å². The molecule has 0 bridgehead atoms. The summed E-state index contributed by atoms with van der Waals surface area (Å²) in [6, 6.07) is 5.75. The van der Waals surface area contributed by atoms with E-state index < -0.39 is 28.7 Å². The van der Waals surface area contributed by atoms with Crippen LogP contribution in [0.2, 0.25) is 0 Å². The van der Waals surface area contributed by atoms with Crippen LogP contribution >= 0.6 is 0 Å². The molecule has 0 aromatic heterocycles. The molecule has 1 heterocycles. The molecule has 0 saturated heterocycles. The molecular formula is C10H10BINO3-. The molecular weight excluding hydrogens is 320 g/mol. The van der Waals surface area contributed by atoms with Crippen LogP contribution in [0.5, 0.6) is 0 Å².